The van der Waals surface area contributed by atoms with Gasteiger partial charge in [0, 0.05) is 24.8 Å². The van der Waals surface area contributed by atoms with Gasteiger partial charge in [0.1, 0.15) is 11.6 Å². The molecule has 8 heteroatoms. The third-order valence-electron chi connectivity index (χ3n) is 4.16. The van der Waals surface area contributed by atoms with E-state index in [1.165, 1.54) is 18.2 Å². The number of carboxylic acids is 1. The first kappa shape index (κ1) is 18.7. The number of rotatable bonds is 7. The molecule has 1 amide bonds. The lowest BCUT2D eigenvalue weighted by Crippen LogP contribution is -2.31. The van der Waals surface area contributed by atoms with E-state index in [9.17, 15) is 24.8 Å². The molecule has 25 heavy (non-hydrogen) atoms. The van der Waals surface area contributed by atoms with Gasteiger partial charge in [0.2, 0.25) is 0 Å². The van der Waals surface area contributed by atoms with E-state index in [0.717, 1.165) is 12.8 Å². The fraction of sp³-hybridized carbons (Fsp3) is 0.529. The minimum Gasteiger partial charge on any atom is -0.480 e. The summed E-state index contributed by atoms with van der Waals surface area (Å²) >= 11 is 0. The number of anilines is 1. The first-order valence-corrected chi connectivity index (χ1v) is 8.36. The maximum atomic E-state index is 12.6. The largest absolute Gasteiger partial charge is 0.480 e. The van der Waals surface area contributed by atoms with Crippen LogP contribution < -0.4 is 5.32 Å². The predicted molar refractivity (Wildman–Crippen MR) is 92.7 cm³/mol. The van der Waals surface area contributed by atoms with Crippen molar-refractivity contribution in [1.29, 1.82) is 0 Å². The highest BCUT2D eigenvalue weighted by Gasteiger charge is 2.28. The Morgan fingerprint density at radius 3 is 2.48 bits per heavy atom. The Morgan fingerprint density at radius 2 is 1.96 bits per heavy atom. The van der Waals surface area contributed by atoms with Crippen molar-refractivity contribution in [2.75, 3.05) is 18.4 Å². The molecule has 0 spiro atoms. The fourth-order valence-electron chi connectivity index (χ4n) is 2.94. The highest BCUT2D eigenvalue weighted by Crippen LogP contribution is 2.26. The zero-order valence-electron chi connectivity index (χ0n) is 14.4. The number of nitro groups is 1. The topological polar surface area (TPSA) is 113 Å². The summed E-state index contributed by atoms with van der Waals surface area (Å²) in [5.74, 6) is -1.22. The molecule has 1 heterocycles. The summed E-state index contributed by atoms with van der Waals surface area (Å²) in [4.78, 5) is 36.2. The van der Waals surface area contributed by atoms with Crippen molar-refractivity contribution in [2.24, 2.45) is 5.92 Å². The van der Waals surface area contributed by atoms with Gasteiger partial charge in [-0.3, -0.25) is 14.9 Å². The van der Waals surface area contributed by atoms with Crippen LogP contribution in [0.3, 0.4) is 0 Å². The van der Waals surface area contributed by atoms with E-state index < -0.39 is 16.9 Å². The molecule has 2 rings (SSSR count). The van der Waals surface area contributed by atoms with Crippen LogP contribution in [-0.4, -0.2) is 45.9 Å². The first-order valence-electron chi connectivity index (χ1n) is 8.36. The van der Waals surface area contributed by atoms with Crippen molar-refractivity contribution in [3.8, 4) is 0 Å². The molecule has 1 fully saturated rings. The lowest BCUT2D eigenvalue weighted by atomic mass is 10.0. The Morgan fingerprint density at radius 1 is 1.32 bits per heavy atom. The molecule has 1 atom stereocenters. The van der Waals surface area contributed by atoms with Gasteiger partial charge >= 0.3 is 5.97 Å². The zero-order chi connectivity index (χ0) is 18.6. The minimum absolute atomic E-state index is 0.00872. The summed E-state index contributed by atoms with van der Waals surface area (Å²) in [7, 11) is 0. The number of hydrogen-bond donors (Lipinski definition) is 2. The third kappa shape index (κ3) is 4.68. The van der Waals surface area contributed by atoms with E-state index in [0.29, 0.717) is 25.2 Å². The molecule has 0 bridgehead atoms. The number of aliphatic carboxylic acids is 1. The highest BCUT2D eigenvalue weighted by atomic mass is 16.6. The smallest absolute Gasteiger partial charge is 0.326 e. The normalized spacial score (nSPS) is 15.2. The number of hydrogen-bond acceptors (Lipinski definition) is 5. The molecule has 2 N–H and O–H groups in total. The first-order chi connectivity index (χ1) is 11.8. The van der Waals surface area contributed by atoms with Gasteiger partial charge in [-0.05, 0) is 37.3 Å². The summed E-state index contributed by atoms with van der Waals surface area (Å²) in [5, 5.41) is 23.4. The van der Waals surface area contributed by atoms with Crippen LogP contribution in [0.2, 0.25) is 0 Å². The lowest BCUT2D eigenvalue weighted by Gasteiger charge is -2.19. The van der Waals surface area contributed by atoms with Gasteiger partial charge in [-0.25, -0.2) is 4.79 Å². The van der Waals surface area contributed by atoms with E-state index in [4.69, 9.17) is 0 Å². The average molecular weight is 349 g/mol. The van der Waals surface area contributed by atoms with Crippen LogP contribution >= 0.6 is 0 Å². The molecule has 1 aliphatic rings. The molecular formula is C17H23N3O5. The summed E-state index contributed by atoms with van der Waals surface area (Å²) in [5.41, 5.74) is 0.116. The number of nitrogens with one attached hydrogen (secondary N) is 1. The van der Waals surface area contributed by atoms with Crippen molar-refractivity contribution in [3.05, 3.63) is 33.9 Å². The van der Waals surface area contributed by atoms with E-state index in [1.807, 2.05) is 13.8 Å². The van der Waals surface area contributed by atoms with Gasteiger partial charge in [-0.1, -0.05) is 13.8 Å². The number of carbonyl (C=O) groups is 2. The van der Waals surface area contributed by atoms with Gasteiger partial charge in [0.25, 0.3) is 11.6 Å². The van der Waals surface area contributed by atoms with E-state index >= 15 is 0 Å². The Balaban J connectivity index is 2.31. The van der Waals surface area contributed by atoms with E-state index in [-0.39, 0.29) is 23.1 Å². The quantitative estimate of drug-likeness (QED) is 0.578. The summed E-state index contributed by atoms with van der Waals surface area (Å²) < 4.78 is 0. The zero-order valence-corrected chi connectivity index (χ0v) is 14.4. The van der Waals surface area contributed by atoms with Crippen LogP contribution in [0, 0.1) is 16.0 Å². The van der Waals surface area contributed by atoms with Crippen molar-refractivity contribution in [2.45, 2.75) is 39.2 Å². The van der Waals surface area contributed by atoms with Gasteiger partial charge < -0.3 is 15.3 Å². The second-order valence-electron chi connectivity index (χ2n) is 6.65. The molecule has 0 unspecified atom stereocenters. The van der Waals surface area contributed by atoms with Gasteiger partial charge in [0.15, 0.2) is 0 Å². The number of nitrogens with zero attached hydrogens (tertiary/aromatic N) is 2. The number of amides is 1. The monoisotopic (exact) mass is 349 g/mol. The van der Waals surface area contributed by atoms with Gasteiger partial charge in [0.05, 0.1) is 4.92 Å². The number of benzene rings is 1. The Bertz CT molecular complexity index is 668. The van der Waals surface area contributed by atoms with Crippen LogP contribution in [-0.2, 0) is 4.79 Å². The Labute approximate surface area is 146 Å². The molecule has 0 radical (unpaired) electrons. The highest BCUT2D eigenvalue weighted by molar-refractivity contribution is 5.99. The van der Waals surface area contributed by atoms with E-state index in [2.05, 4.69) is 5.32 Å². The predicted octanol–water partition coefficient (Wildman–Crippen LogP) is 2.74. The van der Waals surface area contributed by atoms with Crippen molar-refractivity contribution >= 4 is 23.3 Å². The van der Waals surface area contributed by atoms with Gasteiger partial charge in [-0.2, -0.15) is 0 Å². The van der Waals surface area contributed by atoms with E-state index in [1.54, 1.807) is 4.90 Å². The summed E-state index contributed by atoms with van der Waals surface area (Å²) in [6, 6.07) is 3.25. The molecule has 136 valence electrons. The van der Waals surface area contributed by atoms with Crippen LogP contribution in [0.4, 0.5) is 11.4 Å². The minimum atomic E-state index is -1.00. The van der Waals surface area contributed by atoms with Crippen molar-refractivity contribution in [1.82, 2.24) is 4.90 Å². The molecule has 1 aliphatic heterocycles. The SMILES string of the molecule is CC(C)C[C@@H](Nc1ccc([N+](=O)[O-])c(C(=O)N2CCCC2)c1)C(=O)O. The number of carboxylic acid groups (broad SMARTS) is 1. The molecule has 0 aliphatic carbocycles. The molecule has 1 aromatic rings. The lowest BCUT2D eigenvalue weighted by molar-refractivity contribution is -0.385. The average Bonchev–Trinajstić information content (AvgIpc) is 3.07. The fourth-order valence-corrected chi connectivity index (χ4v) is 2.94. The Hall–Kier alpha value is -2.64. The second-order valence-corrected chi connectivity index (χ2v) is 6.65. The van der Waals surface area contributed by atoms with Crippen molar-refractivity contribution < 1.29 is 19.6 Å². The number of nitro benzene ring substituents is 1. The van der Waals surface area contributed by atoms with Crippen LogP contribution in [0.1, 0.15) is 43.5 Å². The maximum absolute atomic E-state index is 12.6. The second kappa shape index (κ2) is 7.96. The van der Waals surface area contributed by atoms with Gasteiger partial charge in [-0.15, -0.1) is 0 Å². The molecule has 1 saturated heterocycles. The molecule has 1 aromatic carbocycles. The molecule has 8 nitrogen and oxygen atoms in total. The van der Waals surface area contributed by atoms with Crippen LogP contribution in [0.25, 0.3) is 0 Å². The third-order valence-corrected chi connectivity index (χ3v) is 4.16. The van der Waals surface area contributed by atoms with Crippen LogP contribution in [0.5, 0.6) is 0 Å². The Kier molecular flexibility index (Phi) is 5.95. The van der Waals surface area contributed by atoms with Crippen molar-refractivity contribution in [3.63, 3.8) is 0 Å². The molecular weight excluding hydrogens is 326 g/mol. The molecule has 0 aromatic heterocycles. The number of carbonyl (C=O) groups excluding carboxylic acids is 1. The standard InChI is InChI=1S/C17H23N3O5/c1-11(2)9-14(17(22)23)18-12-5-6-15(20(24)25)13(10-12)16(21)19-7-3-4-8-19/h5-6,10-11,14,18H,3-4,7-9H2,1-2H3,(H,22,23)/t14-/m1/s1. The molecule has 0 saturated carbocycles. The summed E-state index contributed by atoms with van der Waals surface area (Å²) in [6.07, 6.45) is 2.17. The maximum Gasteiger partial charge on any atom is 0.326 e. The number of likely N-dealkylation sites (tertiary alicyclic amines) is 1. The van der Waals surface area contributed by atoms with Crippen LogP contribution in [0.15, 0.2) is 18.2 Å². The summed E-state index contributed by atoms with van der Waals surface area (Å²) in [6.45, 7) is 4.99.